The van der Waals surface area contributed by atoms with Gasteiger partial charge in [-0.3, -0.25) is 25.5 Å². The van der Waals surface area contributed by atoms with Crippen molar-refractivity contribution in [2.45, 2.75) is 13.3 Å². The normalized spacial score (nSPS) is 10.5. The molecule has 0 saturated carbocycles. The number of aromatic nitrogens is 2. The van der Waals surface area contributed by atoms with Gasteiger partial charge in [0.15, 0.2) is 5.69 Å². The Bertz CT molecular complexity index is 864. The van der Waals surface area contributed by atoms with E-state index in [9.17, 15) is 9.59 Å². The number of aromatic amines is 1. The molecule has 2 amide bonds. The number of amides is 2. The van der Waals surface area contributed by atoms with E-state index in [1.807, 2.05) is 42.5 Å². The third kappa shape index (κ3) is 3.37. The van der Waals surface area contributed by atoms with Crippen molar-refractivity contribution in [1.82, 2.24) is 21.0 Å². The van der Waals surface area contributed by atoms with Gasteiger partial charge in [0.05, 0.1) is 6.42 Å². The topological polar surface area (TPSA) is 86.9 Å². The highest BCUT2D eigenvalue weighted by Crippen LogP contribution is 2.18. The lowest BCUT2D eigenvalue weighted by Gasteiger charge is -2.08. The minimum Gasteiger partial charge on any atom is -0.282 e. The summed E-state index contributed by atoms with van der Waals surface area (Å²) in [4.78, 5) is 23.9. The molecule has 6 nitrogen and oxygen atoms in total. The number of aryl methyl sites for hydroxylation is 1. The molecule has 0 fully saturated rings. The van der Waals surface area contributed by atoms with E-state index in [1.54, 1.807) is 13.0 Å². The van der Waals surface area contributed by atoms with Crippen molar-refractivity contribution < 1.29 is 9.59 Å². The van der Waals surface area contributed by atoms with E-state index in [4.69, 9.17) is 0 Å². The van der Waals surface area contributed by atoms with Gasteiger partial charge in [0, 0.05) is 5.69 Å². The third-order valence-electron chi connectivity index (χ3n) is 3.48. The van der Waals surface area contributed by atoms with Crippen LogP contribution in [-0.4, -0.2) is 22.0 Å². The first-order valence-electron chi connectivity index (χ1n) is 7.21. The highest BCUT2D eigenvalue weighted by atomic mass is 16.2. The van der Waals surface area contributed by atoms with Gasteiger partial charge in [0.2, 0.25) is 5.91 Å². The molecule has 3 N–H and O–H groups in total. The maximum Gasteiger partial charge on any atom is 0.290 e. The summed E-state index contributed by atoms with van der Waals surface area (Å²) in [6.07, 6.45) is 0.182. The van der Waals surface area contributed by atoms with Crippen molar-refractivity contribution in [3.8, 4) is 0 Å². The van der Waals surface area contributed by atoms with Gasteiger partial charge in [-0.25, -0.2) is 0 Å². The summed E-state index contributed by atoms with van der Waals surface area (Å²) in [6, 6.07) is 15.3. The second-order valence-electron chi connectivity index (χ2n) is 5.25. The fraction of sp³-hybridized carbons (Fsp3) is 0.118. The van der Waals surface area contributed by atoms with Gasteiger partial charge in [-0.05, 0) is 29.3 Å². The second-order valence-corrected chi connectivity index (χ2v) is 5.25. The number of H-pyrrole nitrogens is 1. The zero-order chi connectivity index (χ0) is 16.2. The summed E-state index contributed by atoms with van der Waals surface area (Å²) in [6.45, 7) is 1.79. The predicted molar refractivity (Wildman–Crippen MR) is 86.6 cm³/mol. The quantitative estimate of drug-likeness (QED) is 0.646. The van der Waals surface area contributed by atoms with Gasteiger partial charge in [-0.15, -0.1) is 0 Å². The second kappa shape index (κ2) is 6.31. The van der Waals surface area contributed by atoms with Crippen molar-refractivity contribution in [2.24, 2.45) is 0 Å². The molecular formula is C17H16N4O2. The number of hydrogen-bond acceptors (Lipinski definition) is 3. The Kier molecular flexibility index (Phi) is 4.05. The Morgan fingerprint density at radius 2 is 1.87 bits per heavy atom. The van der Waals surface area contributed by atoms with Crippen molar-refractivity contribution >= 4 is 22.6 Å². The van der Waals surface area contributed by atoms with E-state index in [-0.39, 0.29) is 18.0 Å². The van der Waals surface area contributed by atoms with E-state index >= 15 is 0 Å². The number of hydrogen-bond donors (Lipinski definition) is 3. The number of nitrogens with one attached hydrogen (secondary N) is 3. The summed E-state index contributed by atoms with van der Waals surface area (Å²) in [5.74, 6) is -0.748. The molecule has 1 heterocycles. The van der Waals surface area contributed by atoms with E-state index in [0.717, 1.165) is 22.0 Å². The Labute approximate surface area is 132 Å². The van der Waals surface area contributed by atoms with Crippen LogP contribution in [0.5, 0.6) is 0 Å². The van der Waals surface area contributed by atoms with Crippen LogP contribution in [0, 0.1) is 6.92 Å². The fourth-order valence-electron chi connectivity index (χ4n) is 2.39. The van der Waals surface area contributed by atoms with E-state index in [2.05, 4.69) is 21.0 Å². The molecule has 0 bridgehead atoms. The van der Waals surface area contributed by atoms with Gasteiger partial charge < -0.3 is 0 Å². The summed E-state index contributed by atoms with van der Waals surface area (Å²) in [5.41, 5.74) is 6.68. The number of nitrogens with zero attached hydrogens (tertiary/aromatic N) is 1. The van der Waals surface area contributed by atoms with E-state index in [1.165, 1.54) is 0 Å². The van der Waals surface area contributed by atoms with Gasteiger partial charge in [-0.2, -0.15) is 5.10 Å². The number of carbonyl (C=O) groups excluding carboxylic acids is 2. The standard InChI is InChI=1S/C17H16N4O2/c1-11-9-15(19-18-11)17(23)21-20-16(22)10-13-7-4-6-12-5-2-3-8-14(12)13/h2-9H,10H2,1H3,(H,18,19)(H,20,22)(H,21,23). The predicted octanol–water partition coefficient (Wildman–Crippen LogP) is 1.88. The van der Waals surface area contributed by atoms with Crippen LogP contribution in [0.4, 0.5) is 0 Å². The van der Waals surface area contributed by atoms with Crippen LogP contribution >= 0.6 is 0 Å². The molecule has 3 rings (SSSR count). The average Bonchev–Trinajstić information content (AvgIpc) is 2.99. The van der Waals surface area contributed by atoms with Crippen LogP contribution < -0.4 is 10.9 Å². The molecule has 116 valence electrons. The van der Waals surface area contributed by atoms with Crippen LogP contribution in [0.3, 0.4) is 0 Å². The molecule has 6 heteroatoms. The zero-order valence-electron chi connectivity index (χ0n) is 12.6. The molecule has 2 aromatic carbocycles. The SMILES string of the molecule is Cc1cc(C(=O)NNC(=O)Cc2cccc3ccccc23)n[nH]1. The summed E-state index contributed by atoms with van der Waals surface area (Å²) >= 11 is 0. The number of rotatable bonds is 3. The molecule has 0 saturated heterocycles. The number of carbonyl (C=O) groups is 2. The first-order chi connectivity index (χ1) is 11.1. The smallest absolute Gasteiger partial charge is 0.282 e. The molecule has 0 radical (unpaired) electrons. The van der Waals surface area contributed by atoms with Crippen molar-refractivity contribution in [2.75, 3.05) is 0 Å². The first kappa shape index (κ1) is 14.8. The van der Waals surface area contributed by atoms with Crippen molar-refractivity contribution in [1.29, 1.82) is 0 Å². The Balaban J connectivity index is 1.64. The largest absolute Gasteiger partial charge is 0.290 e. The molecule has 3 aromatic rings. The van der Waals surface area contributed by atoms with Crippen LogP contribution in [0.1, 0.15) is 21.7 Å². The van der Waals surface area contributed by atoms with Crippen LogP contribution in [0.2, 0.25) is 0 Å². The van der Waals surface area contributed by atoms with Crippen LogP contribution in [-0.2, 0) is 11.2 Å². The van der Waals surface area contributed by atoms with Gasteiger partial charge >= 0.3 is 0 Å². The lowest BCUT2D eigenvalue weighted by molar-refractivity contribution is -0.121. The Morgan fingerprint density at radius 1 is 1.09 bits per heavy atom. The lowest BCUT2D eigenvalue weighted by Crippen LogP contribution is -2.42. The summed E-state index contributed by atoms with van der Waals surface area (Å²) in [5, 5.41) is 8.61. The number of fused-ring (bicyclic) bond motifs is 1. The monoisotopic (exact) mass is 308 g/mol. The zero-order valence-corrected chi connectivity index (χ0v) is 12.6. The lowest BCUT2D eigenvalue weighted by atomic mass is 10.0. The van der Waals surface area contributed by atoms with Gasteiger partial charge in [0.1, 0.15) is 0 Å². The highest BCUT2D eigenvalue weighted by molar-refractivity contribution is 5.95. The Morgan fingerprint density at radius 3 is 2.65 bits per heavy atom. The van der Waals surface area contributed by atoms with Crippen molar-refractivity contribution in [3.05, 3.63) is 65.5 Å². The number of benzene rings is 2. The third-order valence-corrected chi connectivity index (χ3v) is 3.48. The summed E-state index contributed by atoms with van der Waals surface area (Å²) in [7, 11) is 0. The van der Waals surface area contributed by atoms with Gasteiger partial charge in [-0.1, -0.05) is 42.5 Å². The van der Waals surface area contributed by atoms with E-state index in [0.29, 0.717) is 0 Å². The molecule has 23 heavy (non-hydrogen) atoms. The molecule has 0 unspecified atom stereocenters. The highest BCUT2D eigenvalue weighted by Gasteiger charge is 2.11. The van der Waals surface area contributed by atoms with Crippen molar-refractivity contribution in [3.63, 3.8) is 0 Å². The Hall–Kier alpha value is -3.15. The minimum atomic E-state index is -0.458. The molecule has 0 spiro atoms. The minimum absolute atomic E-state index is 0.182. The molecular weight excluding hydrogens is 292 g/mol. The maximum absolute atomic E-state index is 12.0. The van der Waals surface area contributed by atoms with Gasteiger partial charge in [0.25, 0.3) is 5.91 Å². The molecule has 0 aliphatic heterocycles. The molecule has 1 aromatic heterocycles. The van der Waals surface area contributed by atoms with Crippen LogP contribution in [0.15, 0.2) is 48.5 Å². The average molecular weight is 308 g/mol. The van der Waals surface area contributed by atoms with E-state index < -0.39 is 5.91 Å². The molecule has 0 atom stereocenters. The number of hydrazine groups is 1. The fourth-order valence-corrected chi connectivity index (χ4v) is 2.39. The first-order valence-corrected chi connectivity index (χ1v) is 7.21. The summed E-state index contributed by atoms with van der Waals surface area (Å²) < 4.78 is 0. The molecule has 0 aliphatic carbocycles. The molecule has 0 aliphatic rings. The van der Waals surface area contributed by atoms with Crippen LogP contribution in [0.25, 0.3) is 10.8 Å². The maximum atomic E-state index is 12.0.